The second-order valence-corrected chi connectivity index (χ2v) is 12.4. The lowest BCUT2D eigenvalue weighted by atomic mass is 10.1. The highest BCUT2D eigenvalue weighted by Gasteiger charge is 2.34. The van der Waals surface area contributed by atoms with E-state index < -0.39 is 40.2 Å². The molecule has 0 spiro atoms. The van der Waals surface area contributed by atoms with E-state index in [9.17, 15) is 22.4 Å². The summed E-state index contributed by atoms with van der Waals surface area (Å²) in [7, 11) is -1.67. The highest BCUT2D eigenvalue weighted by molar-refractivity contribution is 7.92. The fourth-order valence-electron chi connectivity index (χ4n) is 4.14. The van der Waals surface area contributed by atoms with Gasteiger partial charge in [-0.3, -0.25) is 13.9 Å². The number of anilines is 1. The van der Waals surface area contributed by atoms with Crippen molar-refractivity contribution in [3.8, 4) is 11.5 Å². The molecule has 0 aromatic heterocycles. The maximum Gasteiger partial charge on any atom is 0.264 e. The minimum Gasteiger partial charge on any atom is -0.493 e. The minimum atomic E-state index is -4.44. The molecule has 13 heteroatoms. The van der Waals surface area contributed by atoms with Crippen LogP contribution in [0.3, 0.4) is 0 Å². The zero-order valence-electron chi connectivity index (χ0n) is 24.4. The average Bonchev–Trinajstić information content (AvgIpc) is 2.99. The van der Waals surface area contributed by atoms with E-state index in [1.165, 1.54) is 56.4 Å². The van der Waals surface area contributed by atoms with Crippen LogP contribution >= 0.6 is 23.2 Å². The molecule has 3 aromatic rings. The monoisotopic (exact) mass is 653 g/mol. The number of carbonyl (C=O) groups is 2. The number of amides is 2. The van der Waals surface area contributed by atoms with Crippen molar-refractivity contribution in [1.29, 1.82) is 0 Å². The predicted octanol–water partition coefficient (Wildman–Crippen LogP) is 5.68. The number of rotatable bonds is 13. The van der Waals surface area contributed by atoms with Gasteiger partial charge in [0, 0.05) is 34.3 Å². The molecule has 0 saturated heterocycles. The Labute approximate surface area is 261 Å². The van der Waals surface area contributed by atoms with E-state index in [0.29, 0.717) is 17.7 Å². The lowest BCUT2D eigenvalue weighted by Gasteiger charge is -2.33. The van der Waals surface area contributed by atoms with Crippen LogP contribution in [0, 0.1) is 5.82 Å². The van der Waals surface area contributed by atoms with E-state index in [0.717, 1.165) is 16.4 Å². The summed E-state index contributed by atoms with van der Waals surface area (Å²) in [5, 5.41) is 3.40. The SMILES string of the molecule is CC[C@@H](C)NC(=O)[C@@H](C)N(Cc1c(Cl)cccc1Cl)C(=O)CN(c1ccc(F)cc1)S(=O)(=O)c1ccc(OC)c(OC)c1. The number of nitrogens with one attached hydrogen (secondary N) is 1. The number of methoxy groups -OCH3 is 2. The van der Waals surface area contributed by atoms with Crippen LogP contribution in [0.1, 0.15) is 32.8 Å². The Bertz CT molecular complexity index is 1540. The molecule has 1 N–H and O–H groups in total. The summed E-state index contributed by atoms with van der Waals surface area (Å²) < 4.78 is 53.3. The van der Waals surface area contributed by atoms with Crippen molar-refractivity contribution in [3.05, 3.63) is 82.1 Å². The maximum atomic E-state index is 14.1. The Balaban J connectivity index is 2.10. The largest absolute Gasteiger partial charge is 0.493 e. The van der Waals surface area contributed by atoms with Crippen molar-refractivity contribution in [2.24, 2.45) is 0 Å². The molecular formula is C30H34Cl2FN3O6S. The number of carbonyl (C=O) groups excluding carboxylic acids is 2. The van der Waals surface area contributed by atoms with E-state index in [4.69, 9.17) is 32.7 Å². The summed E-state index contributed by atoms with van der Waals surface area (Å²) in [6, 6.07) is 12.3. The van der Waals surface area contributed by atoms with Crippen LogP contribution < -0.4 is 19.1 Å². The number of halogens is 3. The molecule has 3 aromatic carbocycles. The Morgan fingerprint density at radius 2 is 1.56 bits per heavy atom. The first-order chi connectivity index (χ1) is 20.3. The van der Waals surface area contributed by atoms with Gasteiger partial charge in [-0.15, -0.1) is 0 Å². The topological polar surface area (TPSA) is 105 Å². The van der Waals surface area contributed by atoms with Crippen molar-refractivity contribution in [3.63, 3.8) is 0 Å². The van der Waals surface area contributed by atoms with Gasteiger partial charge in [0.1, 0.15) is 18.4 Å². The third-order valence-electron chi connectivity index (χ3n) is 6.89. The van der Waals surface area contributed by atoms with Crippen molar-refractivity contribution in [2.45, 2.75) is 50.7 Å². The lowest BCUT2D eigenvalue weighted by molar-refractivity contribution is -0.139. The van der Waals surface area contributed by atoms with Gasteiger partial charge in [0.2, 0.25) is 11.8 Å². The molecule has 0 radical (unpaired) electrons. The number of nitrogens with zero attached hydrogens (tertiary/aromatic N) is 2. The molecule has 0 aliphatic carbocycles. The van der Waals surface area contributed by atoms with Crippen LogP contribution in [0.5, 0.6) is 11.5 Å². The van der Waals surface area contributed by atoms with Crippen molar-refractivity contribution >= 4 is 50.7 Å². The molecule has 0 bridgehead atoms. The van der Waals surface area contributed by atoms with E-state index in [1.54, 1.807) is 18.2 Å². The normalized spacial score (nSPS) is 12.7. The Hall–Kier alpha value is -3.54. The van der Waals surface area contributed by atoms with Gasteiger partial charge in [-0.2, -0.15) is 0 Å². The molecule has 2 amide bonds. The summed E-state index contributed by atoms with van der Waals surface area (Å²) >= 11 is 12.8. The van der Waals surface area contributed by atoms with E-state index in [2.05, 4.69) is 5.32 Å². The van der Waals surface area contributed by atoms with Gasteiger partial charge in [0.05, 0.1) is 24.8 Å². The molecule has 0 aliphatic rings. The number of hydrogen-bond donors (Lipinski definition) is 1. The first-order valence-electron chi connectivity index (χ1n) is 13.4. The highest BCUT2D eigenvalue weighted by Crippen LogP contribution is 2.33. The van der Waals surface area contributed by atoms with Gasteiger partial charge in [-0.25, -0.2) is 12.8 Å². The fourth-order valence-corrected chi connectivity index (χ4v) is 6.09. The van der Waals surface area contributed by atoms with Crippen LogP contribution in [0.4, 0.5) is 10.1 Å². The smallest absolute Gasteiger partial charge is 0.264 e. The standard InChI is InChI=1S/C30H34Cl2FN3O6S/c1-6-19(2)34-30(38)20(3)35(17-24-25(31)8-7-9-26(24)32)29(37)18-36(22-12-10-21(33)11-13-22)43(39,40)23-14-15-27(41-4)28(16-23)42-5/h7-16,19-20H,6,17-18H2,1-5H3,(H,34,38)/t19-,20-/m1/s1. The molecular weight excluding hydrogens is 620 g/mol. The van der Waals surface area contributed by atoms with Gasteiger partial charge in [0.15, 0.2) is 11.5 Å². The molecule has 43 heavy (non-hydrogen) atoms. The Morgan fingerprint density at radius 1 is 0.953 bits per heavy atom. The van der Waals surface area contributed by atoms with Crippen LogP contribution in [0.25, 0.3) is 0 Å². The summed E-state index contributed by atoms with van der Waals surface area (Å²) in [6.07, 6.45) is 0.657. The summed E-state index contributed by atoms with van der Waals surface area (Å²) in [5.74, 6) is -1.31. The molecule has 0 aliphatic heterocycles. The number of ether oxygens (including phenoxy) is 2. The van der Waals surface area contributed by atoms with Gasteiger partial charge < -0.3 is 19.7 Å². The second kappa shape index (κ2) is 14.8. The van der Waals surface area contributed by atoms with E-state index in [-0.39, 0.29) is 39.0 Å². The molecule has 9 nitrogen and oxygen atoms in total. The zero-order chi connectivity index (χ0) is 31.9. The molecule has 232 valence electrons. The van der Waals surface area contributed by atoms with Crippen molar-refractivity contribution < 1.29 is 31.9 Å². The lowest BCUT2D eigenvalue weighted by Crippen LogP contribution is -2.52. The maximum absolute atomic E-state index is 14.1. The average molecular weight is 655 g/mol. The summed E-state index contributed by atoms with van der Waals surface area (Å²) in [4.78, 5) is 28.3. The van der Waals surface area contributed by atoms with Gasteiger partial charge >= 0.3 is 0 Å². The molecule has 0 unspecified atom stereocenters. The molecule has 0 heterocycles. The third kappa shape index (κ3) is 8.10. The van der Waals surface area contributed by atoms with E-state index >= 15 is 0 Å². The third-order valence-corrected chi connectivity index (χ3v) is 9.37. The minimum absolute atomic E-state index is 0.0250. The number of benzene rings is 3. The van der Waals surface area contributed by atoms with Crippen molar-refractivity contribution in [2.75, 3.05) is 25.1 Å². The molecule has 0 saturated carbocycles. The van der Waals surface area contributed by atoms with Gasteiger partial charge in [0.25, 0.3) is 10.0 Å². The fraction of sp³-hybridized carbons (Fsp3) is 0.333. The van der Waals surface area contributed by atoms with Crippen LogP contribution in [0.2, 0.25) is 10.0 Å². The van der Waals surface area contributed by atoms with Crippen LogP contribution in [-0.4, -0.2) is 58.0 Å². The predicted molar refractivity (Wildman–Crippen MR) is 165 cm³/mol. The molecule has 3 rings (SSSR count). The molecule has 2 atom stereocenters. The van der Waals surface area contributed by atoms with Gasteiger partial charge in [-0.05, 0) is 68.8 Å². The quantitative estimate of drug-likeness (QED) is 0.255. The van der Waals surface area contributed by atoms with Crippen LogP contribution in [0.15, 0.2) is 65.6 Å². The summed E-state index contributed by atoms with van der Waals surface area (Å²) in [6.45, 7) is 4.35. The van der Waals surface area contributed by atoms with E-state index in [1.807, 2.05) is 13.8 Å². The Kier molecular flexibility index (Phi) is 11.7. The molecule has 0 fully saturated rings. The Morgan fingerprint density at radius 3 is 2.12 bits per heavy atom. The zero-order valence-corrected chi connectivity index (χ0v) is 26.8. The van der Waals surface area contributed by atoms with Gasteiger partial charge in [-0.1, -0.05) is 36.2 Å². The van der Waals surface area contributed by atoms with Crippen molar-refractivity contribution in [1.82, 2.24) is 10.2 Å². The first kappa shape index (κ1) is 34.0. The number of hydrogen-bond acceptors (Lipinski definition) is 6. The second-order valence-electron chi connectivity index (χ2n) is 9.72. The number of sulfonamides is 1. The highest BCUT2D eigenvalue weighted by atomic mass is 35.5. The van der Waals surface area contributed by atoms with Crippen LogP contribution in [-0.2, 0) is 26.2 Å². The summed E-state index contributed by atoms with van der Waals surface area (Å²) in [5.41, 5.74) is 0.412. The first-order valence-corrected chi connectivity index (χ1v) is 15.6.